The van der Waals surface area contributed by atoms with Crippen molar-refractivity contribution in [2.24, 2.45) is 7.05 Å². The molecule has 0 aromatic carbocycles. The van der Waals surface area contributed by atoms with Crippen LogP contribution in [0.5, 0.6) is 0 Å². The van der Waals surface area contributed by atoms with Crippen molar-refractivity contribution in [3.63, 3.8) is 0 Å². The van der Waals surface area contributed by atoms with Gasteiger partial charge in [-0.3, -0.25) is 4.68 Å². The first kappa shape index (κ1) is 8.51. The van der Waals surface area contributed by atoms with Crippen LogP contribution in [0.25, 0.3) is 0 Å². The molecule has 1 amide bonds. The molecule has 0 spiro atoms. The molecule has 0 atom stereocenters. The second kappa shape index (κ2) is 3.70. The van der Waals surface area contributed by atoms with Crippen molar-refractivity contribution in [3.8, 4) is 0 Å². The van der Waals surface area contributed by atoms with E-state index in [4.69, 9.17) is 0 Å². The van der Waals surface area contributed by atoms with E-state index in [1.165, 1.54) is 7.11 Å². The molecule has 0 saturated heterocycles. The van der Waals surface area contributed by atoms with Crippen molar-refractivity contribution in [2.45, 2.75) is 6.54 Å². The second-order valence-corrected chi connectivity index (χ2v) is 2.18. The van der Waals surface area contributed by atoms with E-state index in [2.05, 4.69) is 20.1 Å². The van der Waals surface area contributed by atoms with Gasteiger partial charge in [0.1, 0.15) is 6.33 Å². The van der Waals surface area contributed by atoms with Gasteiger partial charge in [0.15, 0.2) is 5.82 Å². The summed E-state index contributed by atoms with van der Waals surface area (Å²) < 4.78 is 5.93. The lowest BCUT2D eigenvalue weighted by Crippen LogP contribution is -2.22. The SMILES string of the molecule is COC(=O)NCc1ncn(C)n1. The zero-order chi connectivity index (χ0) is 8.97. The molecule has 6 heteroatoms. The number of hydrogen-bond donors (Lipinski definition) is 1. The zero-order valence-electron chi connectivity index (χ0n) is 6.94. The standard InChI is InChI=1S/C6H10N4O2/c1-10-4-8-5(9-10)3-7-6(11)12-2/h4H,3H2,1-2H3,(H,7,11). The van der Waals surface area contributed by atoms with Crippen molar-refractivity contribution >= 4 is 6.09 Å². The van der Waals surface area contributed by atoms with E-state index in [0.29, 0.717) is 5.82 Å². The Bertz CT molecular complexity index is 270. The Morgan fingerprint density at radius 3 is 3.08 bits per heavy atom. The molecule has 1 heterocycles. The largest absolute Gasteiger partial charge is 0.453 e. The van der Waals surface area contributed by atoms with Gasteiger partial charge in [-0.2, -0.15) is 5.10 Å². The highest BCUT2D eigenvalue weighted by molar-refractivity contribution is 5.66. The van der Waals surface area contributed by atoms with Gasteiger partial charge in [0.25, 0.3) is 0 Å². The van der Waals surface area contributed by atoms with Gasteiger partial charge in [0, 0.05) is 7.05 Å². The van der Waals surface area contributed by atoms with Gasteiger partial charge in [-0.25, -0.2) is 9.78 Å². The third-order valence-electron chi connectivity index (χ3n) is 1.22. The number of nitrogens with zero attached hydrogens (tertiary/aromatic N) is 3. The third-order valence-corrected chi connectivity index (χ3v) is 1.22. The van der Waals surface area contributed by atoms with Gasteiger partial charge in [0.05, 0.1) is 13.7 Å². The molecule has 0 aliphatic rings. The number of nitrogens with one attached hydrogen (secondary N) is 1. The Morgan fingerprint density at radius 2 is 2.58 bits per heavy atom. The summed E-state index contributed by atoms with van der Waals surface area (Å²) >= 11 is 0. The van der Waals surface area contributed by atoms with Crippen LogP contribution in [-0.4, -0.2) is 28.0 Å². The van der Waals surface area contributed by atoms with E-state index in [1.54, 1.807) is 18.1 Å². The van der Waals surface area contributed by atoms with Crippen molar-refractivity contribution in [3.05, 3.63) is 12.2 Å². The van der Waals surface area contributed by atoms with E-state index in [9.17, 15) is 4.79 Å². The molecule has 0 saturated carbocycles. The minimum atomic E-state index is -0.484. The fraction of sp³-hybridized carbons (Fsp3) is 0.500. The molecule has 1 N–H and O–H groups in total. The Balaban J connectivity index is 2.38. The summed E-state index contributed by atoms with van der Waals surface area (Å²) in [5, 5.41) is 6.41. The van der Waals surface area contributed by atoms with Crippen LogP contribution in [0.15, 0.2) is 6.33 Å². The Labute approximate surface area is 69.5 Å². The summed E-state index contributed by atoms with van der Waals surface area (Å²) in [5.74, 6) is 0.558. The fourth-order valence-electron chi connectivity index (χ4n) is 0.688. The average molecular weight is 170 g/mol. The maximum atomic E-state index is 10.6. The topological polar surface area (TPSA) is 69.0 Å². The lowest BCUT2D eigenvalue weighted by molar-refractivity contribution is 0.170. The number of rotatable bonds is 2. The maximum absolute atomic E-state index is 10.6. The van der Waals surface area contributed by atoms with Gasteiger partial charge in [-0.15, -0.1) is 0 Å². The highest BCUT2D eigenvalue weighted by Crippen LogP contribution is 1.86. The number of aromatic nitrogens is 3. The molecule has 1 aromatic heterocycles. The number of carbonyl (C=O) groups is 1. The highest BCUT2D eigenvalue weighted by atomic mass is 16.5. The summed E-state index contributed by atoms with van der Waals surface area (Å²) in [4.78, 5) is 14.5. The second-order valence-electron chi connectivity index (χ2n) is 2.18. The predicted molar refractivity (Wildman–Crippen MR) is 40.2 cm³/mol. The summed E-state index contributed by atoms with van der Waals surface area (Å²) in [6, 6.07) is 0. The van der Waals surface area contributed by atoms with Crippen LogP contribution in [0.4, 0.5) is 4.79 Å². The fourth-order valence-corrected chi connectivity index (χ4v) is 0.688. The molecular weight excluding hydrogens is 160 g/mol. The van der Waals surface area contributed by atoms with Gasteiger partial charge in [-0.05, 0) is 0 Å². The van der Waals surface area contributed by atoms with Crippen molar-refractivity contribution in [1.82, 2.24) is 20.1 Å². The maximum Gasteiger partial charge on any atom is 0.407 e. The van der Waals surface area contributed by atoms with Crippen molar-refractivity contribution in [1.29, 1.82) is 0 Å². The van der Waals surface area contributed by atoms with Gasteiger partial charge >= 0.3 is 6.09 Å². The van der Waals surface area contributed by atoms with Crippen molar-refractivity contribution in [2.75, 3.05) is 7.11 Å². The third kappa shape index (κ3) is 2.22. The Morgan fingerprint density at radius 1 is 1.83 bits per heavy atom. The predicted octanol–water partition coefficient (Wildman–Crippen LogP) is -0.329. The zero-order valence-corrected chi connectivity index (χ0v) is 6.94. The number of aryl methyl sites for hydroxylation is 1. The van der Waals surface area contributed by atoms with Gasteiger partial charge in [-0.1, -0.05) is 0 Å². The smallest absolute Gasteiger partial charge is 0.407 e. The van der Waals surface area contributed by atoms with E-state index in [0.717, 1.165) is 0 Å². The summed E-state index contributed by atoms with van der Waals surface area (Å²) in [6.45, 7) is 0.285. The molecule has 6 nitrogen and oxygen atoms in total. The van der Waals surface area contributed by atoms with Crippen molar-refractivity contribution < 1.29 is 9.53 Å². The van der Waals surface area contributed by atoms with E-state index >= 15 is 0 Å². The van der Waals surface area contributed by atoms with E-state index in [1.807, 2.05) is 0 Å². The quantitative estimate of drug-likeness (QED) is 0.659. The summed E-state index contributed by atoms with van der Waals surface area (Å²) in [7, 11) is 3.07. The Hall–Kier alpha value is -1.59. The van der Waals surface area contributed by atoms with E-state index < -0.39 is 6.09 Å². The minimum Gasteiger partial charge on any atom is -0.453 e. The number of ether oxygens (including phenoxy) is 1. The van der Waals surface area contributed by atoms with E-state index in [-0.39, 0.29) is 6.54 Å². The number of alkyl carbamates (subject to hydrolysis) is 1. The summed E-state index contributed by atoms with van der Waals surface area (Å²) in [5.41, 5.74) is 0. The molecule has 1 rings (SSSR count). The van der Waals surface area contributed by atoms with Crippen LogP contribution in [0.2, 0.25) is 0 Å². The monoisotopic (exact) mass is 170 g/mol. The number of amides is 1. The van der Waals surface area contributed by atoms with Crippen LogP contribution >= 0.6 is 0 Å². The molecule has 0 radical (unpaired) electrons. The van der Waals surface area contributed by atoms with Gasteiger partial charge in [0.2, 0.25) is 0 Å². The van der Waals surface area contributed by atoms with Crippen LogP contribution < -0.4 is 5.32 Å². The minimum absolute atomic E-state index is 0.285. The molecule has 0 aliphatic heterocycles. The molecule has 0 bridgehead atoms. The van der Waals surface area contributed by atoms with Crippen LogP contribution in [0.1, 0.15) is 5.82 Å². The van der Waals surface area contributed by atoms with Crippen LogP contribution in [0, 0.1) is 0 Å². The number of hydrogen-bond acceptors (Lipinski definition) is 4. The molecule has 0 fully saturated rings. The normalized spacial score (nSPS) is 9.50. The molecule has 0 unspecified atom stereocenters. The van der Waals surface area contributed by atoms with Gasteiger partial charge < -0.3 is 10.1 Å². The molecule has 1 aromatic rings. The first-order valence-corrected chi connectivity index (χ1v) is 3.38. The molecule has 12 heavy (non-hydrogen) atoms. The lowest BCUT2D eigenvalue weighted by atomic mass is 10.6. The average Bonchev–Trinajstić information content (AvgIpc) is 2.47. The first-order valence-electron chi connectivity index (χ1n) is 3.38. The van der Waals surface area contributed by atoms with Crippen LogP contribution in [-0.2, 0) is 18.3 Å². The number of carbonyl (C=O) groups excluding carboxylic acids is 1. The molecular formula is C6H10N4O2. The Kier molecular flexibility index (Phi) is 2.62. The molecule has 66 valence electrons. The lowest BCUT2D eigenvalue weighted by Gasteiger charge is -1.98. The van der Waals surface area contributed by atoms with Crippen LogP contribution in [0.3, 0.4) is 0 Å². The molecule has 0 aliphatic carbocycles. The highest BCUT2D eigenvalue weighted by Gasteiger charge is 2.01. The summed E-state index contributed by atoms with van der Waals surface area (Å²) in [6.07, 6.45) is 1.08. The number of methoxy groups -OCH3 is 1. The first-order chi connectivity index (χ1) is 5.72.